The van der Waals surface area contributed by atoms with Gasteiger partial charge in [0.25, 0.3) is 0 Å². The number of methoxy groups -OCH3 is 1. The van der Waals surface area contributed by atoms with Gasteiger partial charge in [-0.05, 0) is 19.6 Å². The zero-order valence-electron chi connectivity index (χ0n) is 8.71. The van der Waals surface area contributed by atoms with Crippen LogP contribution in [-0.2, 0) is 0 Å². The van der Waals surface area contributed by atoms with E-state index in [4.69, 9.17) is 4.74 Å². The molecular weight excluding hydrogens is 272 g/mol. The van der Waals surface area contributed by atoms with E-state index in [1.165, 1.54) is 0 Å². The molecular formula is C9H13BrMgO2Si. The van der Waals surface area contributed by atoms with Gasteiger partial charge < -0.3 is 26.5 Å². The molecule has 5 heteroatoms. The van der Waals surface area contributed by atoms with E-state index >= 15 is 0 Å². The average Bonchev–Trinajstić information content (AvgIpc) is 2.03. The molecule has 1 aromatic rings. The molecule has 0 saturated heterocycles. The quantitative estimate of drug-likeness (QED) is 0.546. The Labute approximate surface area is 113 Å². The third kappa shape index (κ3) is 4.31. The fourth-order valence-electron chi connectivity index (χ4n) is 1.14. The van der Waals surface area contributed by atoms with Crippen molar-refractivity contribution in [1.29, 1.82) is 0 Å². The Morgan fingerprint density at radius 2 is 1.71 bits per heavy atom. The Morgan fingerprint density at radius 1 is 1.21 bits per heavy atom. The Kier molecular flexibility index (Phi) is 8.24. The van der Waals surface area contributed by atoms with Gasteiger partial charge in [0.2, 0.25) is 0 Å². The smallest absolute Gasteiger partial charge is 1.00 e. The van der Waals surface area contributed by atoms with Crippen molar-refractivity contribution >= 4 is 36.6 Å². The van der Waals surface area contributed by atoms with Gasteiger partial charge in [-0.3, -0.25) is 0 Å². The van der Waals surface area contributed by atoms with Gasteiger partial charge in [0.15, 0.2) is 0 Å². The zero-order chi connectivity index (χ0) is 9.19. The number of ether oxygens (including phenoxy) is 1. The van der Waals surface area contributed by atoms with Gasteiger partial charge in [0.1, 0.15) is 5.75 Å². The van der Waals surface area contributed by atoms with E-state index in [2.05, 4.69) is 0 Å². The van der Waals surface area contributed by atoms with Crippen LogP contribution in [0.4, 0.5) is 0 Å². The van der Waals surface area contributed by atoms with Crippen LogP contribution in [-0.4, -0.2) is 38.5 Å². The van der Waals surface area contributed by atoms with Crippen LogP contribution in [0.5, 0.6) is 5.75 Å². The summed E-state index contributed by atoms with van der Waals surface area (Å²) in [5.41, 5.74) is 0. The van der Waals surface area contributed by atoms with Gasteiger partial charge in [-0.25, -0.2) is 0 Å². The van der Waals surface area contributed by atoms with Gasteiger partial charge >= 0.3 is 23.1 Å². The number of benzene rings is 1. The first kappa shape index (κ1) is 16.9. The second-order valence-corrected chi connectivity index (χ2v) is 6.77. The molecule has 14 heavy (non-hydrogen) atoms. The van der Waals surface area contributed by atoms with Crippen molar-refractivity contribution < 1.29 is 26.5 Å². The molecule has 0 aromatic heterocycles. The predicted octanol–water partition coefficient (Wildman–Crippen LogP) is -2.91. The molecule has 0 aliphatic heterocycles. The van der Waals surface area contributed by atoms with Crippen molar-refractivity contribution in [1.82, 2.24) is 0 Å². The number of rotatable bonds is 2. The first-order valence-corrected chi connectivity index (χ1v) is 6.80. The second-order valence-electron chi connectivity index (χ2n) is 3.21. The van der Waals surface area contributed by atoms with Crippen LogP contribution in [0.3, 0.4) is 0 Å². The van der Waals surface area contributed by atoms with Crippen LogP contribution in [0.1, 0.15) is 0 Å². The van der Waals surface area contributed by atoms with Crippen LogP contribution in [0.2, 0.25) is 13.1 Å². The van der Waals surface area contributed by atoms with E-state index in [-0.39, 0.29) is 40.0 Å². The van der Waals surface area contributed by atoms with Gasteiger partial charge in [-0.2, -0.15) is 0 Å². The summed E-state index contributed by atoms with van der Waals surface area (Å²) in [5, 5.41) is 0.840. The van der Waals surface area contributed by atoms with Crippen molar-refractivity contribution in [3.05, 3.63) is 24.3 Å². The largest absolute Gasteiger partial charge is 2.00 e. The second kappa shape index (κ2) is 6.84. The standard InChI is InChI=1S/C9H13O2Si.BrH.Mg/c1-11-8-6-4-5-7-9(8)12(2,3)10;;/h4-7H,1-3H3;1H;/q-1;;+2/p-1. The molecule has 1 rings (SSSR count). The molecule has 1 aromatic carbocycles. The van der Waals surface area contributed by atoms with Crippen LogP contribution in [0, 0.1) is 0 Å². The summed E-state index contributed by atoms with van der Waals surface area (Å²) in [6, 6.07) is 7.45. The number of para-hydroxylation sites is 1. The molecule has 0 heterocycles. The average molecular weight is 285 g/mol. The molecule has 0 amide bonds. The Balaban J connectivity index is 0. The van der Waals surface area contributed by atoms with Gasteiger partial charge in [0.05, 0.1) is 7.11 Å². The molecule has 0 fully saturated rings. The number of hydrogen-bond acceptors (Lipinski definition) is 2. The molecule has 0 unspecified atom stereocenters. The number of hydrogen-bond donors (Lipinski definition) is 0. The molecule has 0 spiro atoms. The molecule has 0 N–H and O–H groups in total. The molecule has 0 aliphatic rings. The Hall–Kier alpha value is 0.443. The minimum absolute atomic E-state index is 0. The molecule has 0 aliphatic carbocycles. The summed E-state index contributed by atoms with van der Waals surface area (Å²) in [5.74, 6) is 0.726. The van der Waals surface area contributed by atoms with E-state index in [9.17, 15) is 4.80 Å². The molecule has 0 atom stereocenters. The Morgan fingerprint density at radius 3 is 2.07 bits per heavy atom. The SMILES string of the molecule is COc1ccccc1[Si](C)(C)[O-].[Br-].[Mg+2]. The molecule has 0 radical (unpaired) electrons. The minimum atomic E-state index is -2.47. The summed E-state index contributed by atoms with van der Waals surface area (Å²) in [4.78, 5) is 11.7. The van der Waals surface area contributed by atoms with Crippen LogP contribution >= 0.6 is 0 Å². The summed E-state index contributed by atoms with van der Waals surface area (Å²) >= 11 is 0. The fourth-order valence-corrected chi connectivity index (χ4v) is 2.42. The van der Waals surface area contributed by atoms with E-state index in [1.807, 2.05) is 24.3 Å². The fraction of sp³-hybridized carbons (Fsp3) is 0.333. The molecule has 0 bridgehead atoms. The monoisotopic (exact) mass is 284 g/mol. The van der Waals surface area contributed by atoms with E-state index < -0.39 is 8.32 Å². The predicted molar refractivity (Wildman–Crippen MR) is 55.9 cm³/mol. The first-order chi connectivity index (χ1) is 5.55. The molecule has 2 nitrogen and oxygen atoms in total. The van der Waals surface area contributed by atoms with Crippen LogP contribution < -0.4 is 31.7 Å². The maximum absolute atomic E-state index is 11.7. The minimum Gasteiger partial charge on any atom is -1.00 e. The first-order valence-electron chi connectivity index (χ1n) is 3.89. The third-order valence-electron chi connectivity index (χ3n) is 1.76. The van der Waals surface area contributed by atoms with E-state index in [0.29, 0.717) is 0 Å². The van der Waals surface area contributed by atoms with Crippen molar-refractivity contribution in [2.24, 2.45) is 0 Å². The van der Waals surface area contributed by atoms with E-state index in [1.54, 1.807) is 20.2 Å². The van der Waals surface area contributed by atoms with Crippen molar-refractivity contribution in [2.45, 2.75) is 13.1 Å². The van der Waals surface area contributed by atoms with Crippen molar-refractivity contribution in [2.75, 3.05) is 7.11 Å². The number of halogens is 1. The van der Waals surface area contributed by atoms with Crippen molar-refractivity contribution in [3.8, 4) is 5.75 Å². The summed E-state index contributed by atoms with van der Waals surface area (Å²) in [7, 11) is -0.878. The molecule has 0 saturated carbocycles. The molecule has 74 valence electrons. The van der Waals surface area contributed by atoms with Gasteiger partial charge in [0, 0.05) is 0 Å². The van der Waals surface area contributed by atoms with Crippen LogP contribution in [0.25, 0.3) is 0 Å². The normalized spacial score (nSPS) is 9.71. The zero-order valence-corrected chi connectivity index (χ0v) is 12.7. The maximum atomic E-state index is 11.7. The maximum Gasteiger partial charge on any atom is 2.00 e. The van der Waals surface area contributed by atoms with Crippen LogP contribution in [0.15, 0.2) is 24.3 Å². The van der Waals surface area contributed by atoms with Crippen molar-refractivity contribution in [3.63, 3.8) is 0 Å². The van der Waals surface area contributed by atoms with Gasteiger partial charge in [-0.1, -0.05) is 31.3 Å². The summed E-state index contributed by atoms with van der Waals surface area (Å²) < 4.78 is 5.11. The Bertz CT molecular complexity index is 276. The topological polar surface area (TPSA) is 32.3 Å². The van der Waals surface area contributed by atoms with Gasteiger partial charge in [-0.15, -0.1) is 0 Å². The van der Waals surface area contributed by atoms with E-state index in [0.717, 1.165) is 10.9 Å². The summed E-state index contributed by atoms with van der Waals surface area (Å²) in [6.07, 6.45) is 0. The summed E-state index contributed by atoms with van der Waals surface area (Å²) in [6.45, 7) is 3.54. The third-order valence-corrected chi connectivity index (χ3v) is 3.47.